The molecule has 0 aliphatic carbocycles. The molecule has 13 heteroatoms. The highest BCUT2D eigenvalue weighted by atomic mass is 16.5. The Hall–Kier alpha value is -5.72. The summed E-state index contributed by atoms with van der Waals surface area (Å²) in [5.41, 5.74) is 11.6. The quantitative estimate of drug-likeness (QED) is 0.150. The smallest absolute Gasteiger partial charge is 0.407 e. The highest BCUT2D eigenvalue weighted by Crippen LogP contribution is 2.39. The van der Waals surface area contributed by atoms with Gasteiger partial charge >= 0.3 is 12.2 Å². The van der Waals surface area contributed by atoms with Crippen molar-refractivity contribution in [1.82, 2.24) is 30.4 Å². The number of nitrogens with zero attached hydrogens (tertiary/aromatic N) is 4. The van der Waals surface area contributed by atoms with Crippen molar-refractivity contribution >= 4 is 46.4 Å². The van der Waals surface area contributed by atoms with Gasteiger partial charge in [0.15, 0.2) is 0 Å². The molecule has 306 valence electrons. The zero-order valence-electron chi connectivity index (χ0n) is 34.8. The van der Waals surface area contributed by atoms with Crippen molar-refractivity contribution in [2.75, 3.05) is 27.3 Å². The molecule has 7 rings (SSSR count). The third kappa shape index (κ3) is 7.91. The van der Waals surface area contributed by atoms with Gasteiger partial charge in [0.05, 0.1) is 43.0 Å². The number of H-pyrrole nitrogens is 1. The van der Waals surface area contributed by atoms with Gasteiger partial charge < -0.3 is 34.9 Å². The summed E-state index contributed by atoms with van der Waals surface area (Å²) in [4.78, 5) is 68.7. The minimum atomic E-state index is -0.692. The van der Waals surface area contributed by atoms with Crippen LogP contribution in [0.25, 0.3) is 33.3 Å². The van der Waals surface area contributed by atoms with Crippen LogP contribution in [0.5, 0.6) is 0 Å². The Morgan fingerprint density at radius 3 is 1.90 bits per heavy atom. The first-order chi connectivity index (χ1) is 27.8. The molecule has 1 aromatic heterocycles. The Kier molecular flexibility index (Phi) is 11.6. The lowest BCUT2D eigenvalue weighted by Crippen LogP contribution is -2.53. The highest BCUT2D eigenvalue weighted by Gasteiger charge is 2.40. The second-order valence-electron chi connectivity index (χ2n) is 16.6. The molecule has 4 atom stereocenters. The number of aromatic nitrogens is 2. The molecule has 3 aromatic carbocycles. The van der Waals surface area contributed by atoms with Gasteiger partial charge in [-0.3, -0.25) is 14.6 Å². The molecule has 0 spiro atoms. The second kappa shape index (κ2) is 16.6. The molecule has 4 amide bonds. The van der Waals surface area contributed by atoms with Crippen LogP contribution >= 0.6 is 0 Å². The molecule has 3 aliphatic rings. The van der Waals surface area contributed by atoms with Crippen molar-refractivity contribution in [2.45, 2.75) is 97.8 Å². The van der Waals surface area contributed by atoms with E-state index >= 15 is 0 Å². The molecule has 0 radical (unpaired) electrons. The summed E-state index contributed by atoms with van der Waals surface area (Å²) >= 11 is 0. The van der Waals surface area contributed by atoms with Crippen molar-refractivity contribution in [3.05, 3.63) is 71.0 Å². The minimum absolute atomic E-state index is 0.0906. The van der Waals surface area contributed by atoms with E-state index < -0.39 is 24.3 Å². The number of rotatable bonds is 10. The average molecular weight is 790 g/mol. The number of aromatic amines is 1. The number of ether oxygens (including phenoxy) is 2. The first-order valence-electron chi connectivity index (χ1n) is 20.4. The number of fused-ring (bicyclic) bond motifs is 2. The maximum Gasteiger partial charge on any atom is 0.407 e. The van der Waals surface area contributed by atoms with Crippen LogP contribution in [0.15, 0.2) is 53.5 Å². The number of aliphatic imine (C=N–C) groups is 1. The Bertz CT molecular complexity index is 2260. The number of hydrogen-bond acceptors (Lipinski definition) is 8. The zero-order valence-corrected chi connectivity index (χ0v) is 34.8. The van der Waals surface area contributed by atoms with Crippen LogP contribution in [-0.2, 0) is 25.5 Å². The van der Waals surface area contributed by atoms with Gasteiger partial charge in [0.25, 0.3) is 0 Å². The zero-order chi connectivity index (χ0) is 41.4. The predicted molar refractivity (Wildman–Crippen MR) is 224 cm³/mol. The van der Waals surface area contributed by atoms with Gasteiger partial charge in [-0.2, -0.15) is 0 Å². The van der Waals surface area contributed by atoms with E-state index in [4.69, 9.17) is 19.5 Å². The summed E-state index contributed by atoms with van der Waals surface area (Å²) in [5.74, 6) is 0.313. The molecule has 3 N–H and O–H groups in total. The number of carbonyl (C=O) groups excluding carboxylic acids is 4. The summed E-state index contributed by atoms with van der Waals surface area (Å²) in [6, 6.07) is 15.5. The lowest BCUT2D eigenvalue weighted by atomic mass is 9.90. The lowest BCUT2D eigenvalue weighted by molar-refractivity contribution is -0.135. The van der Waals surface area contributed by atoms with Gasteiger partial charge in [0.1, 0.15) is 17.9 Å². The third-order valence-electron chi connectivity index (χ3n) is 11.9. The van der Waals surface area contributed by atoms with Gasteiger partial charge in [-0.1, -0.05) is 52.0 Å². The van der Waals surface area contributed by atoms with Crippen LogP contribution in [0.4, 0.5) is 15.3 Å². The van der Waals surface area contributed by atoms with Crippen LogP contribution in [0.1, 0.15) is 81.9 Å². The highest BCUT2D eigenvalue weighted by molar-refractivity contribution is 6.01. The molecule has 0 unspecified atom stereocenters. The number of nitrogens with one attached hydrogen (secondary N) is 3. The maximum atomic E-state index is 13.7. The third-order valence-corrected chi connectivity index (χ3v) is 11.9. The number of carbonyl (C=O) groups is 4. The van der Waals surface area contributed by atoms with E-state index in [1.165, 1.54) is 14.2 Å². The standard InChI is InChI=1S/C45H55N7O6/c1-24(2)39(49-44(55)57-7)42(53)51-17-9-11-36(51)35-23-31-21-28(13-15-32(31)46-35)30-19-26(5)38(27(6)20-30)29-14-16-33-34(22-29)48-41(47-33)37-12-10-18-52(37)43(54)40(25(3)4)50-45(56)58-8/h13-16,19-22,24-25,36-37,39-40H,9-12,17-18,23H2,1-8H3,(H,47,48)(H,49,55)(H,50,56)/t36-,37-,39-,40-/m0/s1. The fraction of sp³-hybridized carbons (Fsp3) is 0.467. The van der Waals surface area contributed by atoms with Crippen LogP contribution in [0, 0.1) is 25.7 Å². The average Bonchev–Trinajstić information content (AvgIpc) is 4.02. The molecule has 4 aromatic rings. The predicted octanol–water partition coefficient (Wildman–Crippen LogP) is 7.56. The van der Waals surface area contributed by atoms with Crippen LogP contribution in [0.3, 0.4) is 0 Å². The summed E-state index contributed by atoms with van der Waals surface area (Å²) in [6.07, 6.45) is 2.80. The Labute approximate surface area is 340 Å². The number of methoxy groups -OCH3 is 2. The van der Waals surface area contributed by atoms with E-state index in [2.05, 4.69) is 71.9 Å². The Morgan fingerprint density at radius 2 is 1.31 bits per heavy atom. The monoisotopic (exact) mass is 789 g/mol. The number of amides is 4. The molecular formula is C45H55N7O6. The van der Waals surface area contributed by atoms with E-state index in [1.54, 1.807) is 0 Å². The molecule has 0 bridgehead atoms. The largest absolute Gasteiger partial charge is 0.453 e. The Morgan fingerprint density at radius 1 is 0.741 bits per heavy atom. The summed E-state index contributed by atoms with van der Waals surface area (Å²) < 4.78 is 9.59. The van der Waals surface area contributed by atoms with E-state index in [9.17, 15) is 19.2 Å². The summed E-state index contributed by atoms with van der Waals surface area (Å²) in [5, 5.41) is 5.45. The van der Waals surface area contributed by atoms with Crippen molar-refractivity contribution in [3.8, 4) is 22.3 Å². The molecule has 2 fully saturated rings. The van der Waals surface area contributed by atoms with Crippen molar-refractivity contribution in [3.63, 3.8) is 0 Å². The number of aryl methyl sites for hydroxylation is 2. The number of alkyl carbamates (subject to hydrolysis) is 2. The minimum Gasteiger partial charge on any atom is -0.453 e. The second-order valence-corrected chi connectivity index (χ2v) is 16.6. The summed E-state index contributed by atoms with van der Waals surface area (Å²) in [7, 11) is 2.60. The van der Waals surface area contributed by atoms with Gasteiger partial charge in [-0.15, -0.1) is 0 Å². The summed E-state index contributed by atoms with van der Waals surface area (Å²) in [6.45, 7) is 13.2. The van der Waals surface area contributed by atoms with Gasteiger partial charge in [0, 0.05) is 25.2 Å². The number of hydrogen-bond donors (Lipinski definition) is 3. The molecular weight excluding hydrogens is 735 g/mol. The fourth-order valence-corrected chi connectivity index (χ4v) is 8.97. The van der Waals surface area contributed by atoms with Crippen molar-refractivity contribution in [2.24, 2.45) is 16.8 Å². The fourth-order valence-electron chi connectivity index (χ4n) is 8.97. The molecule has 0 saturated carbocycles. The van der Waals surface area contributed by atoms with Crippen molar-refractivity contribution in [1.29, 1.82) is 0 Å². The Balaban J connectivity index is 1.08. The molecule has 3 aliphatic heterocycles. The van der Waals surface area contributed by atoms with Crippen molar-refractivity contribution < 1.29 is 28.7 Å². The first kappa shape index (κ1) is 40.5. The lowest BCUT2D eigenvalue weighted by Gasteiger charge is -2.30. The van der Waals surface area contributed by atoms with Crippen LogP contribution in [0.2, 0.25) is 0 Å². The first-order valence-corrected chi connectivity index (χ1v) is 20.4. The number of likely N-dealkylation sites (tertiary alicyclic amines) is 2. The van der Waals surface area contributed by atoms with E-state index in [-0.39, 0.29) is 35.7 Å². The van der Waals surface area contributed by atoms with E-state index in [0.717, 1.165) is 92.9 Å². The van der Waals surface area contributed by atoms with Gasteiger partial charge in [-0.05, 0) is 115 Å². The van der Waals surface area contributed by atoms with Gasteiger partial charge in [0.2, 0.25) is 11.8 Å². The van der Waals surface area contributed by atoms with Crippen LogP contribution < -0.4 is 10.6 Å². The molecule has 13 nitrogen and oxygen atoms in total. The molecule has 4 heterocycles. The normalized spacial score (nSPS) is 18.7. The number of benzene rings is 3. The molecule has 58 heavy (non-hydrogen) atoms. The van der Waals surface area contributed by atoms with E-state index in [0.29, 0.717) is 19.5 Å². The maximum absolute atomic E-state index is 13.7. The van der Waals surface area contributed by atoms with Crippen LogP contribution in [-0.4, -0.2) is 94.9 Å². The topological polar surface area (TPSA) is 158 Å². The van der Waals surface area contributed by atoms with E-state index in [1.807, 2.05) is 43.6 Å². The SMILES string of the molecule is COC(=O)N[C@H](C(=O)N1CCC[C@H]1C1=Nc2ccc(-c3cc(C)c(-c4ccc5nc([C@@H]6CCCN6C(=O)[C@@H](NC(=O)OC)C(C)C)[nH]c5c4)c(C)c3)cc2C1)C(C)C. The van der Waals surface area contributed by atoms with Gasteiger partial charge in [-0.25, -0.2) is 14.6 Å². The molecule has 2 saturated heterocycles. The number of imidazole rings is 1.